The Kier molecular flexibility index (Phi) is 4.79. The summed E-state index contributed by atoms with van der Waals surface area (Å²) < 4.78 is 0.444. The molecule has 0 saturated heterocycles. The van der Waals surface area contributed by atoms with Crippen molar-refractivity contribution < 1.29 is 19.5 Å². The highest BCUT2D eigenvalue weighted by molar-refractivity contribution is 9.10. The van der Waals surface area contributed by atoms with E-state index in [9.17, 15) is 14.4 Å². The van der Waals surface area contributed by atoms with E-state index >= 15 is 0 Å². The highest BCUT2D eigenvalue weighted by atomic mass is 79.9. The van der Waals surface area contributed by atoms with Crippen LogP contribution >= 0.6 is 15.9 Å². The second-order valence-electron chi connectivity index (χ2n) is 4.65. The minimum Gasteiger partial charge on any atom is -0.478 e. The molecule has 0 aliphatic heterocycles. The van der Waals surface area contributed by atoms with Gasteiger partial charge in [-0.1, -0.05) is 0 Å². The van der Waals surface area contributed by atoms with E-state index in [-0.39, 0.29) is 24.1 Å². The number of carbonyl (C=O) groups excluding carboxylic acids is 2. The molecule has 1 saturated carbocycles. The van der Waals surface area contributed by atoms with Gasteiger partial charge in [0.1, 0.15) is 0 Å². The number of hydrogen-bond acceptors (Lipinski definition) is 3. The summed E-state index contributed by atoms with van der Waals surface area (Å²) in [7, 11) is 0. The number of hydrogen-bond donors (Lipinski definition) is 4. The van der Waals surface area contributed by atoms with Gasteiger partial charge in [-0.15, -0.1) is 0 Å². The molecule has 7 nitrogen and oxygen atoms in total. The minimum atomic E-state index is -1.05. The van der Waals surface area contributed by atoms with E-state index in [1.807, 2.05) is 0 Å². The van der Waals surface area contributed by atoms with Gasteiger partial charge in [0.15, 0.2) is 0 Å². The number of anilines is 1. The third-order valence-electron chi connectivity index (χ3n) is 2.82. The van der Waals surface area contributed by atoms with Gasteiger partial charge in [0.25, 0.3) is 0 Å². The molecule has 0 bridgehead atoms. The van der Waals surface area contributed by atoms with Crippen LogP contribution in [0.1, 0.15) is 23.2 Å². The van der Waals surface area contributed by atoms with Crippen molar-refractivity contribution in [2.45, 2.75) is 18.9 Å². The molecule has 1 aromatic carbocycles. The molecule has 0 radical (unpaired) electrons. The summed E-state index contributed by atoms with van der Waals surface area (Å²) in [6.07, 6.45) is 1.97. The minimum absolute atomic E-state index is 0.104. The molecule has 1 aromatic rings. The fourth-order valence-corrected chi connectivity index (χ4v) is 2.06. The van der Waals surface area contributed by atoms with Gasteiger partial charge in [-0.2, -0.15) is 0 Å². The molecule has 0 atom stereocenters. The molecule has 3 amide bonds. The first-order chi connectivity index (χ1) is 9.95. The number of nitrogens with one attached hydrogen (secondary N) is 3. The maximum Gasteiger partial charge on any atom is 0.335 e. The molecular formula is C13H14BrN3O4. The van der Waals surface area contributed by atoms with E-state index in [4.69, 9.17) is 5.11 Å². The normalized spacial score (nSPS) is 13.4. The summed E-state index contributed by atoms with van der Waals surface area (Å²) in [4.78, 5) is 33.9. The molecule has 2 rings (SSSR count). The van der Waals surface area contributed by atoms with Gasteiger partial charge in [0.05, 0.1) is 17.8 Å². The van der Waals surface area contributed by atoms with Crippen LogP contribution in [0.25, 0.3) is 0 Å². The molecule has 0 aromatic heterocycles. The van der Waals surface area contributed by atoms with Crippen LogP contribution in [0.5, 0.6) is 0 Å². The Morgan fingerprint density at radius 1 is 1.29 bits per heavy atom. The fraction of sp³-hybridized carbons (Fsp3) is 0.308. The monoisotopic (exact) mass is 355 g/mol. The zero-order valence-corrected chi connectivity index (χ0v) is 12.6. The maximum atomic E-state index is 11.6. The van der Waals surface area contributed by atoms with E-state index in [1.165, 1.54) is 18.2 Å². The van der Waals surface area contributed by atoms with E-state index in [0.29, 0.717) is 10.2 Å². The Hall–Kier alpha value is -2.09. The first kappa shape index (κ1) is 15.3. The quantitative estimate of drug-likeness (QED) is 0.642. The van der Waals surface area contributed by atoms with Gasteiger partial charge in [-0.3, -0.25) is 4.79 Å². The lowest BCUT2D eigenvalue weighted by Crippen LogP contribution is -2.39. The van der Waals surface area contributed by atoms with Crippen LogP contribution in [0.15, 0.2) is 22.7 Å². The largest absolute Gasteiger partial charge is 0.478 e. The van der Waals surface area contributed by atoms with Crippen molar-refractivity contribution >= 4 is 39.5 Å². The van der Waals surface area contributed by atoms with Crippen molar-refractivity contribution in [3.8, 4) is 0 Å². The van der Waals surface area contributed by atoms with Crippen molar-refractivity contribution in [2.75, 3.05) is 11.9 Å². The topological polar surface area (TPSA) is 108 Å². The van der Waals surface area contributed by atoms with Crippen LogP contribution in [0.4, 0.5) is 10.5 Å². The Labute approximate surface area is 129 Å². The predicted molar refractivity (Wildman–Crippen MR) is 79.3 cm³/mol. The third kappa shape index (κ3) is 4.75. The van der Waals surface area contributed by atoms with Crippen molar-refractivity contribution in [1.82, 2.24) is 10.6 Å². The average molecular weight is 356 g/mol. The van der Waals surface area contributed by atoms with Crippen LogP contribution < -0.4 is 16.0 Å². The highest BCUT2D eigenvalue weighted by Gasteiger charge is 2.23. The van der Waals surface area contributed by atoms with Crippen molar-refractivity contribution in [3.05, 3.63) is 28.2 Å². The Balaban J connectivity index is 1.84. The zero-order valence-electron chi connectivity index (χ0n) is 11.0. The number of carbonyl (C=O) groups is 3. The average Bonchev–Trinajstić information content (AvgIpc) is 3.22. The van der Waals surface area contributed by atoms with Gasteiger partial charge in [0, 0.05) is 10.5 Å². The van der Waals surface area contributed by atoms with E-state index in [0.717, 1.165) is 12.8 Å². The van der Waals surface area contributed by atoms with E-state index in [1.54, 1.807) is 0 Å². The lowest BCUT2D eigenvalue weighted by molar-refractivity contribution is -0.120. The number of urea groups is 1. The molecule has 0 unspecified atom stereocenters. The van der Waals surface area contributed by atoms with Gasteiger partial charge >= 0.3 is 12.0 Å². The molecule has 21 heavy (non-hydrogen) atoms. The van der Waals surface area contributed by atoms with Gasteiger partial charge in [-0.05, 0) is 47.0 Å². The molecule has 0 heterocycles. The fourth-order valence-electron chi connectivity index (χ4n) is 1.58. The third-order valence-corrected chi connectivity index (χ3v) is 3.47. The first-order valence-electron chi connectivity index (χ1n) is 6.33. The first-order valence-corrected chi connectivity index (χ1v) is 7.12. The summed E-state index contributed by atoms with van der Waals surface area (Å²) in [5.41, 5.74) is 0.525. The van der Waals surface area contributed by atoms with Crippen molar-refractivity contribution in [1.29, 1.82) is 0 Å². The van der Waals surface area contributed by atoms with Crippen molar-refractivity contribution in [2.24, 2.45) is 0 Å². The summed E-state index contributed by atoms with van der Waals surface area (Å²) in [6, 6.07) is 3.95. The molecule has 0 spiro atoms. The molecule has 112 valence electrons. The van der Waals surface area contributed by atoms with E-state index < -0.39 is 12.0 Å². The molecule has 4 N–H and O–H groups in total. The number of carboxylic acid groups (broad SMARTS) is 1. The van der Waals surface area contributed by atoms with Crippen LogP contribution in [0.2, 0.25) is 0 Å². The summed E-state index contributed by atoms with van der Waals surface area (Å²) in [5.74, 6) is -1.28. The number of amides is 3. The lowest BCUT2D eigenvalue weighted by Gasteiger charge is -2.09. The number of benzene rings is 1. The summed E-state index contributed by atoms with van der Waals surface area (Å²) in [6.45, 7) is -0.104. The zero-order chi connectivity index (χ0) is 15.4. The van der Waals surface area contributed by atoms with Crippen LogP contribution in [-0.2, 0) is 4.79 Å². The van der Waals surface area contributed by atoms with Crippen molar-refractivity contribution in [3.63, 3.8) is 0 Å². The Bertz CT molecular complexity index is 587. The van der Waals surface area contributed by atoms with Crippen LogP contribution in [0.3, 0.4) is 0 Å². The summed E-state index contributed by atoms with van der Waals surface area (Å²) in [5, 5.41) is 16.5. The second kappa shape index (κ2) is 6.57. The van der Waals surface area contributed by atoms with Gasteiger partial charge in [-0.25, -0.2) is 9.59 Å². The standard InChI is InChI=1S/C13H14BrN3O4/c14-9-5-7(12(19)20)1-4-10(9)17-13(21)15-6-11(18)16-8-2-3-8/h1,4-5,8H,2-3,6H2,(H,16,18)(H,19,20)(H2,15,17,21). The molecular weight excluding hydrogens is 342 g/mol. The predicted octanol–water partition coefficient (Wildman–Crippen LogP) is 1.55. The molecule has 1 aliphatic carbocycles. The number of rotatable bonds is 5. The molecule has 8 heteroatoms. The highest BCUT2D eigenvalue weighted by Crippen LogP contribution is 2.23. The van der Waals surface area contributed by atoms with Gasteiger partial charge in [0.2, 0.25) is 5.91 Å². The summed E-state index contributed by atoms with van der Waals surface area (Å²) >= 11 is 3.18. The smallest absolute Gasteiger partial charge is 0.335 e. The number of halogens is 1. The molecule has 1 fully saturated rings. The molecule has 1 aliphatic rings. The number of aromatic carboxylic acids is 1. The Morgan fingerprint density at radius 2 is 2.00 bits per heavy atom. The van der Waals surface area contributed by atoms with Crippen LogP contribution in [-0.4, -0.2) is 35.6 Å². The van der Waals surface area contributed by atoms with Gasteiger partial charge < -0.3 is 21.1 Å². The Morgan fingerprint density at radius 3 is 2.57 bits per heavy atom. The van der Waals surface area contributed by atoms with E-state index in [2.05, 4.69) is 31.9 Å². The SMILES string of the molecule is O=C(CNC(=O)Nc1ccc(C(=O)O)cc1Br)NC1CC1. The number of carboxylic acids is 1. The van der Waals surface area contributed by atoms with Crippen LogP contribution in [0, 0.1) is 0 Å². The maximum absolute atomic E-state index is 11.6. The lowest BCUT2D eigenvalue weighted by atomic mass is 10.2. The second-order valence-corrected chi connectivity index (χ2v) is 5.50.